The molecule has 182 valence electrons. The molecule has 0 aliphatic carbocycles. The summed E-state index contributed by atoms with van der Waals surface area (Å²) in [5, 5.41) is 1.24. The Hall–Kier alpha value is -3.79. The number of hydrogen-bond donors (Lipinski definition) is 0. The molecule has 4 heteroatoms. The zero-order valence-corrected chi connectivity index (χ0v) is 22.5. The number of hydrogen-bond acceptors (Lipinski definition) is 0. The van der Waals surface area contributed by atoms with E-state index in [1.165, 1.54) is 44.8 Å². The molecular weight excluding hydrogens is 440 g/mol. The summed E-state index contributed by atoms with van der Waals surface area (Å²) in [5.74, 6) is 2.02. The van der Waals surface area contributed by atoms with E-state index in [0.29, 0.717) is 11.8 Å². The van der Waals surface area contributed by atoms with Gasteiger partial charge in [0.25, 0.3) is 17.1 Å². The summed E-state index contributed by atoms with van der Waals surface area (Å²) < 4.78 is 9.24. The van der Waals surface area contributed by atoms with Gasteiger partial charge in [-0.3, -0.25) is 0 Å². The first kappa shape index (κ1) is 23.9. The van der Waals surface area contributed by atoms with Gasteiger partial charge in [-0.25, -0.2) is 4.57 Å². The molecule has 0 fully saturated rings. The van der Waals surface area contributed by atoms with Crippen LogP contribution in [-0.4, -0.2) is 4.57 Å². The van der Waals surface area contributed by atoms with Crippen molar-refractivity contribution >= 4 is 10.9 Å². The summed E-state index contributed by atoms with van der Waals surface area (Å²) in [6, 6.07) is 26.4. The lowest BCUT2D eigenvalue weighted by Crippen LogP contribution is -2.43. The SMILES string of the molecule is CC(C)c1cccc(C(C)C)c1-n1cc[n+](C)c1-c1cccc(-c2ccc3ccccc3[n+]2C)[n+]1C. The number of pyridine rings is 2. The minimum Gasteiger partial charge on any atom is -0.227 e. The van der Waals surface area contributed by atoms with Crippen molar-refractivity contribution in [2.45, 2.75) is 39.5 Å². The van der Waals surface area contributed by atoms with Crippen LogP contribution >= 0.6 is 0 Å². The zero-order chi connectivity index (χ0) is 25.6. The van der Waals surface area contributed by atoms with Gasteiger partial charge in [0.05, 0.1) is 7.05 Å². The van der Waals surface area contributed by atoms with Gasteiger partial charge >= 0.3 is 5.82 Å². The number of nitrogens with zero attached hydrogens (tertiary/aromatic N) is 4. The van der Waals surface area contributed by atoms with E-state index < -0.39 is 0 Å². The molecule has 3 heterocycles. The number of benzene rings is 2. The van der Waals surface area contributed by atoms with E-state index in [-0.39, 0.29) is 0 Å². The van der Waals surface area contributed by atoms with Gasteiger partial charge in [0.15, 0.2) is 0 Å². The maximum atomic E-state index is 2.39. The summed E-state index contributed by atoms with van der Waals surface area (Å²) in [6.07, 6.45) is 4.38. The van der Waals surface area contributed by atoms with E-state index in [1.807, 2.05) is 0 Å². The van der Waals surface area contributed by atoms with E-state index in [1.54, 1.807) is 0 Å². The fourth-order valence-corrected chi connectivity index (χ4v) is 5.42. The van der Waals surface area contributed by atoms with Crippen LogP contribution in [0.4, 0.5) is 0 Å². The molecule has 5 aromatic rings. The lowest BCUT2D eigenvalue weighted by atomic mass is 9.92. The Bertz CT molecular complexity index is 1550. The van der Waals surface area contributed by atoms with Crippen molar-refractivity contribution in [2.24, 2.45) is 21.1 Å². The van der Waals surface area contributed by atoms with E-state index >= 15 is 0 Å². The highest BCUT2D eigenvalue weighted by molar-refractivity contribution is 5.76. The van der Waals surface area contributed by atoms with Gasteiger partial charge in [0, 0.05) is 40.8 Å². The Kier molecular flexibility index (Phi) is 6.21. The van der Waals surface area contributed by atoms with Crippen LogP contribution in [0.1, 0.15) is 50.7 Å². The second-order valence-electron chi connectivity index (χ2n) is 10.4. The predicted octanol–water partition coefficient (Wildman–Crippen LogP) is 5.68. The van der Waals surface area contributed by atoms with Crippen molar-refractivity contribution in [3.8, 4) is 28.6 Å². The van der Waals surface area contributed by atoms with Crippen LogP contribution in [0.15, 0.2) is 85.2 Å². The standard InChI is InChI=1S/C32H37N4/c1-22(2)25-13-10-14-26(23(3)4)31(25)36-21-20-33(5)32(36)30-17-11-16-28(35(30)7)29-19-18-24-12-8-9-15-27(24)34(29)6/h8-23H,1-7H3/q+3. The van der Waals surface area contributed by atoms with Crippen LogP contribution in [0.5, 0.6) is 0 Å². The predicted molar refractivity (Wildman–Crippen MR) is 146 cm³/mol. The highest BCUT2D eigenvalue weighted by Gasteiger charge is 2.33. The molecule has 36 heavy (non-hydrogen) atoms. The molecule has 0 spiro atoms. The van der Waals surface area contributed by atoms with Crippen molar-refractivity contribution in [2.75, 3.05) is 0 Å². The molecule has 2 aromatic carbocycles. The number of aryl methyl sites for hydroxylation is 2. The molecule has 0 saturated heterocycles. The van der Waals surface area contributed by atoms with Crippen LogP contribution in [0.25, 0.3) is 39.5 Å². The van der Waals surface area contributed by atoms with Crippen LogP contribution in [0.2, 0.25) is 0 Å². The fraction of sp³-hybridized carbons (Fsp3) is 0.281. The highest BCUT2D eigenvalue weighted by atomic mass is 15.2. The third kappa shape index (κ3) is 3.91. The maximum Gasteiger partial charge on any atom is 0.359 e. The van der Waals surface area contributed by atoms with Crippen LogP contribution < -0.4 is 13.7 Å². The number of para-hydroxylation sites is 2. The number of aromatic nitrogens is 4. The quantitative estimate of drug-likeness (QED) is 0.290. The number of fused-ring (bicyclic) bond motifs is 1. The molecule has 0 bridgehead atoms. The summed E-state index contributed by atoms with van der Waals surface area (Å²) in [7, 11) is 6.47. The second kappa shape index (κ2) is 9.34. The lowest BCUT2D eigenvalue weighted by molar-refractivity contribution is -0.692. The minimum atomic E-state index is 0.427. The van der Waals surface area contributed by atoms with Gasteiger partial charge < -0.3 is 0 Å². The normalized spacial score (nSPS) is 11.7. The van der Waals surface area contributed by atoms with E-state index in [2.05, 4.69) is 152 Å². The number of rotatable bonds is 5. The first-order chi connectivity index (χ1) is 17.3. The maximum absolute atomic E-state index is 2.39. The van der Waals surface area contributed by atoms with E-state index in [9.17, 15) is 0 Å². The summed E-state index contributed by atoms with van der Waals surface area (Å²) in [4.78, 5) is 0. The first-order valence-electron chi connectivity index (χ1n) is 12.9. The van der Waals surface area contributed by atoms with Crippen molar-refractivity contribution in [1.29, 1.82) is 0 Å². The molecular formula is C32H37N4+3. The lowest BCUT2D eigenvalue weighted by Gasteiger charge is -2.17. The Morgan fingerprint density at radius 3 is 1.92 bits per heavy atom. The topological polar surface area (TPSA) is 16.6 Å². The zero-order valence-electron chi connectivity index (χ0n) is 22.5. The summed E-state index contributed by atoms with van der Waals surface area (Å²) in [5.41, 5.74) is 8.80. The van der Waals surface area contributed by atoms with Crippen molar-refractivity contribution < 1.29 is 13.7 Å². The molecule has 0 aliphatic heterocycles. The van der Waals surface area contributed by atoms with Crippen molar-refractivity contribution in [3.63, 3.8) is 0 Å². The molecule has 0 saturated carbocycles. The number of imidazole rings is 1. The van der Waals surface area contributed by atoms with Gasteiger partial charge in [-0.05, 0) is 30.0 Å². The minimum absolute atomic E-state index is 0.427. The fourth-order valence-electron chi connectivity index (χ4n) is 5.42. The van der Waals surface area contributed by atoms with Crippen LogP contribution in [-0.2, 0) is 21.1 Å². The van der Waals surface area contributed by atoms with Crippen LogP contribution in [0, 0.1) is 0 Å². The highest BCUT2D eigenvalue weighted by Crippen LogP contribution is 2.33. The second-order valence-corrected chi connectivity index (χ2v) is 10.4. The Morgan fingerprint density at radius 2 is 1.22 bits per heavy atom. The largest absolute Gasteiger partial charge is 0.359 e. The average Bonchev–Trinajstić information content (AvgIpc) is 3.25. The van der Waals surface area contributed by atoms with Crippen molar-refractivity contribution in [1.82, 2.24) is 4.57 Å². The molecule has 5 rings (SSSR count). The van der Waals surface area contributed by atoms with E-state index in [0.717, 1.165) is 5.82 Å². The Balaban J connectivity index is 1.75. The van der Waals surface area contributed by atoms with Gasteiger partial charge in [0.1, 0.15) is 32.2 Å². The van der Waals surface area contributed by atoms with Crippen molar-refractivity contribution in [3.05, 3.63) is 96.3 Å². The molecule has 4 nitrogen and oxygen atoms in total. The third-order valence-corrected chi connectivity index (χ3v) is 7.39. The molecule has 0 N–H and O–H groups in total. The molecule has 3 aromatic heterocycles. The third-order valence-electron chi connectivity index (χ3n) is 7.39. The monoisotopic (exact) mass is 477 g/mol. The molecule has 0 radical (unpaired) electrons. The summed E-state index contributed by atoms with van der Waals surface area (Å²) >= 11 is 0. The van der Waals surface area contributed by atoms with Crippen LogP contribution in [0.3, 0.4) is 0 Å². The smallest absolute Gasteiger partial charge is 0.227 e. The molecule has 0 amide bonds. The average molecular weight is 478 g/mol. The summed E-state index contributed by atoms with van der Waals surface area (Å²) in [6.45, 7) is 9.14. The first-order valence-corrected chi connectivity index (χ1v) is 12.9. The Morgan fingerprint density at radius 1 is 0.611 bits per heavy atom. The molecule has 0 unspecified atom stereocenters. The Labute approximate surface area is 214 Å². The van der Waals surface area contributed by atoms with Gasteiger partial charge in [-0.2, -0.15) is 13.7 Å². The molecule has 0 atom stereocenters. The molecule has 0 aliphatic rings. The van der Waals surface area contributed by atoms with E-state index in [4.69, 9.17) is 0 Å². The van der Waals surface area contributed by atoms with Gasteiger partial charge in [-0.1, -0.05) is 58.0 Å². The van der Waals surface area contributed by atoms with Gasteiger partial charge in [0.2, 0.25) is 5.52 Å². The van der Waals surface area contributed by atoms with Gasteiger partial charge in [-0.15, -0.1) is 0 Å².